The molecule has 0 saturated carbocycles. The molecule has 0 saturated heterocycles. The highest BCUT2D eigenvalue weighted by molar-refractivity contribution is 5.75. The zero-order valence-electron chi connectivity index (χ0n) is 9.60. The van der Waals surface area contributed by atoms with E-state index in [1.807, 2.05) is 44.2 Å². The highest BCUT2D eigenvalue weighted by Gasteiger charge is 2.28. The van der Waals surface area contributed by atoms with E-state index < -0.39 is 0 Å². The molecule has 2 rings (SSSR count). The van der Waals surface area contributed by atoms with Gasteiger partial charge in [-0.1, -0.05) is 24.3 Å². The number of hydrogen-bond acceptors (Lipinski definition) is 3. The Hall–Kier alpha value is -1.32. The predicted octanol–water partition coefficient (Wildman–Crippen LogP) is 2.82. The van der Waals surface area contributed by atoms with Crippen molar-refractivity contribution in [3.05, 3.63) is 35.9 Å². The molecule has 3 nitrogen and oxygen atoms in total. The lowest BCUT2D eigenvalue weighted by atomic mass is 10.1. The molecule has 16 heavy (non-hydrogen) atoms. The second-order valence-electron chi connectivity index (χ2n) is 3.47. The third-order valence-corrected chi connectivity index (χ3v) is 2.50. The van der Waals surface area contributed by atoms with Crippen molar-refractivity contribution in [2.75, 3.05) is 13.4 Å². The minimum absolute atomic E-state index is 0.256. The maximum Gasteiger partial charge on any atom is 0.229 e. The summed E-state index contributed by atoms with van der Waals surface area (Å²) < 4.78 is 16.4. The molecule has 1 aliphatic rings. The van der Waals surface area contributed by atoms with Gasteiger partial charge in [0.05, 0.1) is 0 Å². The number of para-hydroxylation sites is 1. The number of rotatable bonds is 4. The molecular formula is C13H16O3. The fraction of sp³-hybridized carbons (Fsp3) is 0.385. The van der Waals surface area contributed by atoms with Gasteiger partial charge in [0.1, 0.15) is 5.75 Å². The second kappa shape index (κ2) is 5.14. The van der Waals surface area contributed by atoms with E-state index >= 15 is 0 Å². The number of hydrogen-bond donors (Lipinski definition) is 0. The van der Waals surface area contributed by atoms with Crippen molar-refractivity contribution in [3.63, 3.8) is 0 Å². The third-order valence-electron chi connectivity index (χ3n) is 2.50. The zero-order valence-corrected chi connectivity index (χ0v) is 9.60. The normalized spacial score (nSPS) is 20.9. The van der Waals surface area contributed by atoms with Crippen molar-refractivity contribution >= 4 is 5.57 Å². The fourth-order valence-corrected chi connectivity index (χ4v) is 1.72. The van der Waals surface area contributed by atoms with Crippen LogP contribution in [0.5, 0.6) is 5.75 Å². The van der Waals surface area contributed by atoms with Crippen LogP contribution in [-0.4, -0.2) is 19.7 Å². The molecule has 0 amide bonds. The summed E-state index contributed by atoms with van der Waals surface area (Å²) in [5.74, 6) is 0.872. The van der Waals surface area contributed by atoms with Gasteiger partial charge in [0, 0.05) is 17.7 Å². The lowest BCUT2D eigenvalue weighted by molar-refractivity contribution is -0.124. The van der Waals surface area contributed by atoms with Crippen LogP contribution >= 0.6 is 0 Å². The first-order valence-electron chi connectivity index (χ1n) is 5.48. The zero-order chi connectivity index (χ0) is 11.4. The molecule has 0 spiro atoms. The van der Waals surface area contributed by atoms with Crippen LogP contribution in [0.4, 0.5) is 0 Å². The highest BCUT2D eigenvalue weighted by Crippen LogP contribution is 2.37. The van der Waals surface area contributed by atoms with Gasteiger partial charge in [0.25, 0.3) is 0 Å². The van der Waals surface area contributed by atoms with Crippen LogP contribution in [0, 0.1) is 0 Å². The van der Waals surface area contributed by atoms with E-state index in [2.05, 4.69) is 0 Å². The summed E-state index contributed by atoms with van der Waals surface area (Å²) in [6.45, 7) is 4.82. The van der Waals surface area contributed by atoms with Crippen molar-refractivity contribution < 1.29 is 14.2 Å². The monoisotopic (exact) mass is 220 g/mol. The Morgan fingerprint density at radius 2 is 2.19 bits per heavy atom. The molecule has 1 heterocycles. The summed E-state index contributed by atoms with van der Waals surface area (Å²) in [6.07, 6.45) is 1.68. The van der Waals surface area contributed by atoms with Crippen LogP contribution in [0.1, 0.15) is 19.4 Å². The van der Waals surface area contributed by atoms with Crippen molar-refractivity contribution in [1.82, 2.24) is 0 Å². The number of ether oxygens (including phenoxy) is 3. The summed E-state index contributed by atoms with van der Waals surface area (Å²) in [4.78, 5) is 0. The van der Waals surface area contributed by atoms with Gasteiger partial charge in [-0.15, -0.1) is 0 Å². The lowest BCUT2D eigenvalue weighted by Crippen LogP contribution is -2.18. The molecule has 0 radical (unpaired) electrons. The van der Waals surface area contributed by atoms with Gasteiger partial charge in [-0.25, -0.2) is 0 Å². The number of fused-ring (bicyclic) bond motifs is 1. The Kier molecular flexibility index (Phi) is 3.59. The summed E-state index contributed by atoms with van der Waals surface area (Å²) >= 11 is 0. The first kappa shape index (κ1) is 11.2. The van der Waals surface area contributed by atoms with Crippen LogP contribution in [0.2, 0.25) is 0 Å². The van der Waals surface area contributed by atoms with Gasteiger partial charge in [0.2, 0.25) is 6.29 Å². The van der Waals surface area contributed by atoms with Crippen LogP contribution in [0.15, 0.2) is 30.3 Å². The average molecular weight is 220 g/mol. The fourth-order valence-electron chi connectivity index (χ4n) is 1.72. The summed E-state index contributed by atoms with van der Waals surface area (Å²) in [6, 6.07) is 7.94. The topological polar surface area (TPSA) is 27.7 Å². The Morgan fingerprint density at radius 3 is 2.94 bits per heavy atom. The van der Waals surface area contributed by atoms with Gasteiger partial charge >= 0.3 is 0 Å². The Morgan fingerprint density at radius 1 is 1.38 bits per heavy atom. The smallest absolute Gasteiger partial charge is 0.229 e. The van der Waals surface area contributed by atoms with E-state index in [-0.39, 0.29) is 13.1 Å². The van der Waals surface area contributed by atoms with Gasteiger partial charge in [-0.3, -0.25) is 0 Å². The third kappa shape index (κ3) is 2.10. The van der Waals surface area contributed by atoms with Gasteiger partial charge in [-0.2, -0.15) is 0 Å². The standard InChI is InChI=1S/C13H16O3/c1-3-10-11-7-5-6-8-12(11)16-13(10)15-9-14-4-2/h3,5-8,13H,4,9H2,1-2H3/b10-3+. The number of benzene rings is 1. The molecule has 3 heteroatoms. The minimum Gasteiger partial charge on any atom is -0.460 e. The Bertz CT molecular complexity index is 385. The van der Waals surface area contributed by atoms with Gasteiger partial charge in [0.15, 0.2) is 6.79 Å². The summed E-state index contributed by atoms with van der Waals surface area (Å²) in [5, 5.41) is 0. The molecule has 1 atom stereocenters. The average Bonchev–Trinajstić information content (AvgIpc) is 2.67. The largest absolute Gasteiger partial charge is 0.460 e. The molecule has 1 aromatic carbocycles. The highest BCUT2D eigenvalue weighted by atomic mass is 16.7. The quantitative estimate of drug-likeness (QED) is 0.577. The van der Waals surface area contributed by atoms with Crippen molar-refractivity contribution in [2.45, 2.75) is 20.1 Å². The first-order valence-corrected chi connectivity index (χ1v) is 5.48. The summed E-state index contributed by atoms with van der Waals surface area (Å²) in [7, 11) is 0. The maximum absolute atomic E-state index is 5.69. The lowest BCUT2D eigenvalue weighted by Gasteiger charge is -2.13. The molecule has 1 unspecified atom stereocenters. The molecule has 0 N–H and O–H groups in total. The molecule has 0 aromatic heterocycles. The molecule has 0 fully saturated rings. The molecule has 1 aromatic rings. The van der Waals surface area contributed by atoms with E-state index in [1.165, 1.54) is 0 Å². The van der Waals surface area contributed by atoms with Crippen LogP contribution in [-0.2, 0) is 9.47 Å². The van der Waals surface area contributed by atoms with E-state index in [1.54, 1.807) is 0 Å². The van der Waals surface area contributed by atoms with Gasteiger partial charge in [-0.05, 0) is 19.9 Å². The predicted molar refractivity (Wildman–Crippen MR) is 62.1 cm³/mol. The van der Waals surface area contributed by atoms with Crippen LogP contribution < -0.4 is 4.74 Å². The number of allylic oxidation sites excluding steroid dienone is 1. The molecule has 1 aliphatic heterocycles. The maximum atomic E-state index is 5.69. The van der Waals surface area contributed by atoms with Gasteiger partial charge < -0.3 is 14.2 Å². The Balaban J connectivity index is 2.09. The first-order chi connectivity index (χ1) is 7.86. The van der Waals surface area contributed by atoms with E-state index in [0.29, 0.717) is 6.61 Å². The van der Waals surface area contributed by atoms with E-state index in [0.717, 1.165) is 16.9 Å². The molecule has 0 bridgehead atoms. The van der Waals surface area contributed by atoms with E-state index in [4.69, 9.17) is 14.2 Å². The van der Waals surface area contributed by atoms with Crippen molar-refractivity contribution in [2.24, 2.45) is 0 Å². The van der Waals surface area contributed by atoms with Crippen molar-refractivity contribution in [1.29, 1.82) is 0 Å². The SMILES string of the molecule is C/C=C1\c2ccccc2OC1OCOCC. The van der Waals surface area contributed by atoms with E-state index in [9.17, 15) is 0 Å². The van der Waals surface area contributed by atoms with Crippen LogP contribution in [0.3, 0.4) is 0 Å². The molecule has 0 aliphatic carbocycles. The Labute approximate surface area is 95.6 Å². The van der Waals surface area contributed by atoms with Crippen molar-refractivity contribution in [3.8, 4) is 5.75 Å². The minimum atomic E-state index is -0.339. The summed E-state index contributed by atoms with van der Waals surface area (Å²) in [5.41, 5.74) is 2.17. The second-order valence-corrected chi connectivity index (χ2v) is 3.47. The molecular weight excluding hydrogens is 204 g/mol. The molecule has 86 valence electrons. The van der Waals surface area contributed by atoms with Crippen LogP contribution in [0.25, 0.3) is 5.57 Å².